The highest BCUT2D eigenvalue weighted by molar-refractivity contribution is 7.21. The molecule has 2 amide bonds. The number of hydrogen-bond donors (Lipinski definition) is 1. The normalized spacial score (nSPS) is 17.4. The number of primary amides is 1. The maximum atomic E-state index is 12.0. The Kier molecular flexibility index (Phi) is 3.97. The molecule has 2 heterocycles. The SMILES string of the molecule is NC(=O)[C@H]1CC(=O)N(Cc2ccc(-c3nc4ccccc4s3)cc2)C1. The predicted octanol–water partition coefficient (Wildman–Crippen LogP) is 2.80. The van der Waals surface area contributed by atoms with Crippen LogP contribution in [0.3, 0.4) is 0 Å². The first-order valence-electron chi connectivity index (χ1n) is 8.12. The van der Waals surface area contributed by atoms with Gasteiger partial charge in [-0.3, -0.25) is 9.59 Å². The lowest BCUT2D eigenvalue weighted by Crippen LogP contribution is -2.28. The topological polar surface area (TPSA) is 76.3 Å². The fraction of sp³-hybridized carbons (Fsp3) is 0.211. The Labute approximate surface area is 149 Å². The van der Waals surface area contributed by atoms with Crippen LogP contribution in [0, 0.1) is 5.92 Å². The van der Waals surface area contributed by atoms with Crippen molar-refractivity contribution < 1.29 is 9.59 Å². The van der Waals surface area contributed by atoms with E-state index in [2.05, 4.69) is 11.1 Å². The molecule has 1 aliphatic heterocycles. The molecule has 0 spiro atoms. The first kappa shape index (κ1) is 15.8. The van der Waals surface area contributed by atoms with Crippen LogP contribution < -0.4 is 5.73 Å². The second-order valence-electron chi connectivity index (χ2n) is 6.26. The van der Waals surface area contributed by atoms with E-state index in [0.717, 1.165) is 21.7 Å². The third kappa shape index (κ3) is 3.13. The molecule has 1 fully saturated rings. The Morgan fingerprint density at radius 3 is 2.64 bits per heavy atom. The van der Waals surface area contributed by atoms with Crippen molar-refractivity contribution in [2.45, 2.75) is 13.0 Å². The number of thiazole rings is 1. The number of hydrogen-bond acceptors (Lipinski definition) is 4. The molecule has 3 aromatic rings. The van der Waals surface area contributed by atoms with E-state index < -0.39 is 5.91 Å². The van der Waals surface area contributed by atoms with Crippen LogP contribution in [0.1, 0.15) is 12.0 Å². The Morgan fingerprint density at radius 1 is 1.20 bits per heavy atom. The maximum absolute atomic E-state index is 12.0. The van der Waals surface area contributed by atoms with E-state index in [1.54, 1.807) is 16.2 Å². The minimum Gasteiger partial charge on any atom is -0.369 e. The van der Waals surface area contributed by atoms with Gasteiger partial charge in [-0.2, -0.15) is 0 Å². The van der Waals surface area contributed by atoms with Crippen molar-refractivity contribution in [2.24, 2.45) is 11.7 Å². The van der Waals surface area contributed by atoms with Crippen molar-refractivity contribution in [3.8, 4) is 10.6 Å². The fourth-order valence-electron chi connectivity index (χ4n) is 3.08. The van der Waals surface area contributed by atoms with Gasteiger partial charge in [0.05, 0.1) is 16.1 Å². The van der Waals surface area contributed by atoms with Crippen LogP contribution in [-0.4, -0.2) is 28.2 Å². The van der Waals surface area contributed by atoms with Crippen LogP contribution >= 0.6 is 11.3 Å². The van der Waals surface area contributed by atoms with E-state index in [4.69, 9.17) is 5.73 Å². The second kappa shape index (κ2) is 6.29. The lowest BCUT2D eigenvalue weighted by Gasteiger charge is -2.16. The Balaban J connectivity index is 1.50. The number of aromatic nitrogens is 1. The largest absolute Gasteiger partial charge is 0.369 e. The number of para-hydroxylation sites is 1. The summed E-state index contributed by atoms with van der Waals surface area (Å²) < 4.78 is 1.17. The number of carbonyl (C=O) groups is 2. The molecule has 2 N–H and O–H groups in total. The highest BCUT2D eigenvalue weighted by atomic mass is 32.1. The average Bonchev–Trinajstić information content (AvgIpc) is 3.20. The van der Waals surface area contributed by atoms with Gasteiger partial charge in [-0.1, -0.05) is 36.4 Å². The average molecular weight is 351 g/mol. The molecule has 25 heavy (non-hydrogen) atoms. The molecule has 1 saturated heterocycles. The van der Waals surface area contributed by atoms with Gasteiger partial charge in [-0.25, -0.2) is 4.98 Å². The zero-order chi connectivity index (χ0) is 17.4. The van der Waals surface area contributed by atoms with Gasteiger partial charge in [-0.15, -0.1) is 11.3 Å². The Morgan fingerprint density at radius 2 is 1.96 bits per heavy atom. The zero-order valence-corrected chi connectivity index (χ0v) is 14.3. The van der Waals surface area contributed by atoms with Crippen molar-refractivity contribution in [1.82, 2.24) is 9.88 Å². The van der Waals surface area contributed by atoms with Crippen molar-refractivity contribution in [2.75, 3.05) is 6.54 Å². The van der Waals surface area contributed by atoms with E-state index in [1.807, 2.05) is 42.5 Å². The molecule has 5 nitrogen and oxygen atoms in total. The van der Waals surface area contributed by atoms with Crippen LogP contribution in [0.2, 0.25) is 0 Å². The van der Waals surface area contributed by atoms with Gasteiger partial charge in [0.25, 0.3) is 0 Å². The highest BCUT2D eigenvalue weighted by Crippen LogP contribution is 2.30. The standard InChI is InChI=1S/C19H17N3O2S/c20-18(24)14-9-17(23)22(11-14)10-12-5-7-13(8-6-12)19-21-15-3-1-2-4-16(15)25-19/h1-8,14H,9-11H2,(H2,20,24)/t14-/m0/s1. The van der Waals surface area contributed by atoms with E-state index >= 15 is 0 Å². The maximum Gasteiger partial charge on any atom is 0.223 e. The van der Waals surface area contributed by atoms with Gasteiger partial charge in [0, 0.05) is 25.1 Å². The van der Waals surface area contributed by atoms with Crippen LogP contribution in [0.5, 0.6) is 0 Å². The van der Waals surface area contributed by atoms with Gasteiger partial charge in [0.15, 0.2) is 0 Å². The molecule has 0 unspecified atom stereocenters. The van der Waals surface area contributed by atoms with Gasteiger partial charge in [-0.05, 0) is 17.7 Å². The molecule has 1 aromatic heterocycles. The molecule has 1 atom stereocenters. The van der Waals surface area contributed by atoms with Crippen LogP contribution in [-0.2, 0) is 16.1 Å². The number of carbonyl (C=O) groups excluding carboxylic acids is 2. The molecule has 0 bridgehead atoms. The zero-order valence-electron chi connectivity index (χ0n) is 13.5. The van der Waals surface area contributed by atoms with E-state index in [1.165, 1.54) is 4.70 Å². The molecule has 0 aliphatic carbocycles. The molecule has 2 aromatic carbocycles. The summed E-state index contributed by atoms with van der Waals surface area (Å²) in [5.41, 5.74) is 8.41. The molecule has 0 radical (unpaired) electrons. The molecular formula is C19H17N3O2S. The minimum atomic E-state index is -0.401. The van der Waals surface area contributed by atoms with E-state index in [9.17, 15) is 9.59 Å². The van der Waals surface area contributed by atoms with Crippen LogP contribution in [0.4, 0.5) is 0 Å². The number of likely N-dealkylation sites (tertiary alicyclic amines) is 1. The Hall–Kier alpha value is -2.73. The summed E-state index contributed by atoms with van der Waals surface area (Å²) in [6, 6.07) is 16.1. The lowest BCUT2D eigenvalue weighted by molar-refractivity contribution is -0.128. The van der Waals surface area contributed by atoms with Crippen LogP contribution in [0.15, 0.2) is 48.5 Å². The summed E-state index contributed by atoms with van der Waals surface area (Å²) in [6.07, 6.45) is 0.221. The summed E-state index contributed by atoms with van der Waals surface area (Å²) in [7, 11) is 0. The first-order chi connectivity index (χ1) is 12.1. The number of nitrogens with two attached hydrogens (primary N) is 1. The van der Waals surface area contributed by atoms with Crippen molar-refractivity contribution >= 4 is 33.4 Å². The van der Waals surface area contributed by atoms with E-state index in [-0.39, 0.29) is 18.2 Å². The number of nitrogens with zero attached hydrogens (tertiary/aromatic N) is 2. The van der Waals surface area contributed by atoms with Crippen molar-refractivity contribution in [3.05, 3.63) is 54.1 Å². The molecular weight excluding hydrogens is 334 g/mol. The molecule has 0 saturated carbocycles. The number of fused-ring (bicyclic) bond motifs is 1. The summed E-state index contributed by atoms with van der Waals surface area (Å²) in [4.78, 5) is 29.6. The highest BCUT2D eigenvalue weighted by Gasteiger charge is 2.32. The third-order valence-electron chi connectivity index (χ3n) is 4.49. The van der Waals surface area contributed by atoms with Crippen molar-refractivity contribution in [1.29, 1.82) is 0 Å². The number of amides is 2. The van der Waals surface area contributed by atoms with E-state index in [0.29, 0.717) is 13.1 Å². The third-order valence-corrected chi connectivity index (χ3v) is 5.57. The first-order valence-corrected chi connectivity index (χ1v) is 8.94. The Bertz CT molecular complexity index is 916. The summed E-state index contributed by atoms with van der Waals surface area (Å²) in [6.45, 7) is 0.913. The van der Waals surface area contributed by atoms with Gasteiger partial charge in [0.1, 0.15) is 5.01 Å². The van der Waals surface area contributed by atoms with Crippen molar-refractivity contribution in [3.63, 3.8) is 0 Å². The fourth-order valence-corrected chi connectivity index (χ4v) is 4.06. The van der Waals surface area contributed by atoms with Crippen LogP contribution in [0.25, 0.3) is 20.8 Å². The summed E-state index contributed by atoms with van der Waals surface area (Å²) in [5, 5.41) is 0.985. The van der Waals surface area contributed by atoms with Gasteiger partial charge < -0.3 is 10.6 Å². The quantitative estimate of drug-likeness (QED) is 0.785. The molecule has 1 aliphatic rings. The predicted molar refractivity (Wildman–Crippen MR) is 97.8 cm³/mol. The number of benzene rings is 2. The molecule has 6 heteroatoms. The lowest BCUT2D eigenvalue weighted by atomic mass is 10.1. The monoisotopic (exact) mass is 351 g/mol. The van der Waals surface area contributed by atoms with Gasteiger partial charge >= 0.3 is 0 Å². The minimum absolute atomic E-state index is 0.0148. The summed E-state index contributed by atoms with van der Waals surface area (Å²) in [5.74, 6) is -0.782. The number of rotatable bonds is 4. The van der Waals surface area contributed by atoms with Gasteiger partial charge in [0.2, 0.25) is 11.8 Å². The molecule has 4 rings (SSSR count). The smallest absolute Gasteiger partial charge is 0.223 e. The second-order valence-corrected chi connectivity index (χ2v) is 7.29. The summed E-state index contributed by atoms with van der Waals surface area (Å²) >= 11 is 1.67. The molecule has 126 valence electrons.